The van der Waals surface area contributed by atoms with Crippen LogP contribution in [-0.4, -0.2) is 70.3 Å². The Kier molecular flexibility index (Phi) is 6.42. The number of rotatable bonds is 7. The number of H-pyrrole nitrogens is 1. The molecule has 0 aliphatic carbocycles. The number of aromatic nitrogens is 2. The molecule has 1 aliphatic heterocycles. The molecule has 0 spiro atoms. The number of fused-ring (bicyclic) bond motifs is 1. The minimum Gasteiger partial charge on any atom is -0.491 e. The predicted octanol–water partition coefficient (Wildman–Crippen LogP) is 1.79. The molecular weight excluding hydrogens is 380 g/mol. The smallest absolute Gasteiger partial charge is 0.258 e. The molecule has 1 atom stereocenters. The standard InChI is InChI=1S/C23H28N4O3/c1-17-6-8-19(9-7-17)30-16-18(28)14-26-10-12-27(13-11-26)15-22-24-21-5-3-2-4-20(21)23(29)25-22/h2-9,18,28H,10-16H2,1H3,(H,24,25,29). The molecule has 2 heterocycles. The van der Waals surface area contributed by atoms with Crippen LogP contribution >= 0.6 is 0 Å². The number of hydrogen-bond donors (Lipinski definition) is 2. The minimum absolute atomic E-state index is 0.0917. The number of aliphatic hydroxyl groups is 1. The number of aliphatic hydroxyl groups excluding tert-OH is 1. The fourth-order valence-corrected chi connectivity index (χ4v) is 3.73. The van der Waals surface area contributed by atoms with Crippen molar-refractivity contribution < 1.29 is 9.84 Å². The Labute approximate surface area is 175 Å². The largest absolute Gasteiger partial charge is 0.491 e. The number of para-hydroxylation sites is 1. The van der Waals surface area contributed by atoms with Gasteiger partial charge in [-0.1, -0.05) is 29.8 Å². The lowest BCUT2D eigenvalue weighted by molar-refractivity contribution is 0.0441. The molecule has 30 heavy (non-hydrogen) atoms. The van der Waals surface area contributed by atoms with Crippen LogP contribution < -0.4 is 10.3 Å². The summed E-state index contributed by atoms with van der Waals surface area (Å²) < 4.78 is 5.68. The summed E-state index contributed by atoms with van der Waals surface area (Å²) in [7, 11) is 0. The molecule has 3 aromatic rings. The fraction of sp³-hybridized carbons (Fsp3) is 0.391. The number of aryl methyl sites for hydroxylation is 1. The summed E-state index contributed by atoms with van der Waals surface area (Å²) in [5.41, 5.74) is 1.82. The highest BCUT2D eigenvalue weighted by molar-refractivity contribution is 5.77. The number of nitrogens with one attached hydrogen (secondary N) is 1. The van der Waals surface area contributed by atoms with Gasteiger partial charge in [-0.25, -0.2) is 4.98 Å². The summed E-state index contributed by atoms with van der Waals surface area (Å²) in [5, 5.41) is 10.9. The molecule has 1 saturated heterocycles. The van der Waals surface area contributed by atoms with E-state index in [0.29, 0.717) is 24.3 Å². The topological polar surface area (TPSA) is 81.7 Å². The highest BCUT2D eigenvalue weighted by atomic mass is 16.5. The first-order chi connectivity index (χ1) is 14.6. The van der Waals surface area contributed by atoms with Gasteiger partial charge >= 0.3 is 0 Å². The van der Waals surface area contributed by atoms with Crippen molar-refractivity contribution in [3.05, 3.63) is 70.3 Å². The lowest BCUT2D eigenvalue weighted by Crippen LogP contribution is -2.49. The van der Waals surface area contributed by atoms with E-state index in [2.05, 4.69) is 19.8 Å². The van der Waals surface area contributed by atoms with Crippen LogP contribution in [0.15, 0.2) is 53.3 Å². The summed E-state index contributed by atoms with van der Waals surface area (Å²) in [5.74, 6) is 1.47. The Hall–Kier alpha value is -2.74. The van der Waals surface area contributed by atoms with Gasteiger partial charge in [0.25, 0.3) is 5.56 Å². The molecule has 4 rings (SSSR count). The second kappa shape index (κ2) is 9.38. The maximum Gasteiger partial charge on any atom is 0.258 e. The van der Waals surface area contributed by atoms with E-state index in [-0.39, 0.29) is 12.2 Å². The lowest BCUT2D eigenvalue weighted by atomic mass is 10.2. The Balaban J connectivity index is 1.24. The molecule has 158 valence electrons. The van der Waals surface area contributed by atoms with Gasteiger partial charge in [-0.15, -0.1) is 0 Å². The van der Waals surface area contributed by atoms with E-state index in [0.717, 1.165) is 37.4 Å². The molecule has 0 saturated carbocycles. The third-order valence-corrected chi connectivity index (χ3v) is 5.43. The van der Waals surface area contributed by atoms with E-state index in [1.807, 2.05) is 49.4 Å². The van der Waals surface area contributed by atoms with E-state index in [1.54, 1.807) is 6.07 Å². The number of piperazine rings is 1. The van der Waals surface area contributed by atoms with Crippen molar-refractivity contribution >= 4 is 10.9 Å². The van der Waals surface area contributed by atoms with Crippen molar-refractivity contribution in [2.24, 2.45) is 0 Å². The van der Waals surface area contributed by atoms with Gasteiger partial charge < -0.3 is 14.8 Å². The summed E-state index contributed by atoms with van der Waals surface area (Å²) in [6.07, 6.45) is -0.531. The molecular formula is C23H28N4O3. The maximum absolute atomic E-state index is 12.2. The summed E-state index contributed by atoms with van der Waals surface area (Å²) >= 11 is 0. The highest BCUT2D eigenvalue weighted by Crippen LogP contribution is 2.13. The first-order valence-electron chi connectivity index (χ1n) is 10.4. The van der Waals surface area contributed by atoms with Crippen molar-refractivity contribution in [2.75, 3.05) is 39.3 Å². The molecule has 7 heteroatoms. The van der Waals surface area contributed by atoms with Gasteiger partial charge in [-0.3, -0.25) is 14.6 Å². The quantitative estimate of drug-likeness (QED) is 0.620. The van der Waals surface area contributed by atoms with Gasteiger partial charge in [0, 0.05) is 32.7 Å². The Bertz CT molecular complexity index is 1030. The van der Waals surface area contributed by atoms with E-state index in [4.69, 9.17) is 4.74 Å². The van der Waals surface area contributed by atoms with Crippen LogP contribution in [-0.2, 0) is 6.54 Å². The molecule has 7 nitrogen and oxygen atoms in total. The van der Waals surface area contributed by atoms with Gasteiger partial charge in [-0.2, -0.15) is 0 Å². The zero-order chi connectivity index (χ0) is 20.9. The summed E-state index contributed by atoms with van der Waals surface area (Å²) in [4.78, 5) is 24.2. The third-order valence-electron chi connectivity index (χ3n) is 5.43. The third kappa shape index (κ3) is 5.24. The zero-order valence-corrected chi connectivity index (χ0v) is 17.3. The monoisotopic (exact) mass is 408 g/mol. The number of nitrogens with zero attached hydrogens (tertiary/aromatic N) is 3. The number of hydrogen-bond acceptors (Lipinski definition) is 6. The molecule has 2 aromatic carbocycles. The number of ether oxygens (including phenoxy) is 1. The van der Waals surface area contributed by atoms with Gasteiger partial charge in [-0.05, 0) is 31.2 Å². The SMILES string of the molecule is Cc1ccc(OCC(O)CN2CCN(Cc3nc4ccccc4c(=O)[nH]3)CC2)cc1. The molecule has 0 amide bonds. The summed E-state index contributed by atoms with van der Waals surface area (Å²) in [6, 6.07) is 15.2. The van der Waals surface area contributed by atoms with Crippen LogP contribution in [0.2, 0.25) is 0 Å². The lowest BCUT2D eigenvalue weighted by Gasteiger charge is -2.35. The van der Waals surface area contributed by atoms with Crippen molar-refractivity contribution in [1.82, 2.24) is 19.8 Å². The van der Waals surface area contributed by atoms with E-state index in [9.17, 15) is 9.90 Å². The number of benzene rings is 2. The van der Waals surface area contributed by atoms with Crippen molar-refractivity contribution in [1.29, 1.82) is 0 Å². The van der Waals surface area contributed by atoms with Crippen LogP contribution in [0.3, 0.4) is 0 Å². The van der Waals surface area contributed by atoms with Crippen LogP contribution in [0.25, 0.3) is 10.9 Å². The van der Waals surface area contributed by atoms with Crippen LogP contribution in [0, 0.1) is 6.92 Å². The number of β-amino-alcohol motifs (C(OH)–C–C–N with tert-alkyl or cyclic N) is 1. The first-order valence-corrected chi connectivity index (χ1v) is 10.4. The van der Waals surface area contributed by atoms with Crippen molar-refractivity contribution in [2.45, 2.75) is 19.6 Å². The molecule has 1 unspecified atom stereocenters. The molecule has 0 bridgehead atoms. The van der Waals surface area contributed by atoms with E-state index in [1.165, 1.54) is 5.56 Å². The van der Waals surface area contributed by atoms with Gasteiger partial charge in [0.2, 0.25) is 0 Å². The van der Waals surface area contributed by atoms with Gasteiger partial charge in [0.15, 0.2) is 0 Å². The highest BCUT2D eigenvalue weighted by Gasteiger charge is 2.20. The van der Waals surface area contributed by atoms with Gasteiger partial charge in [0.1, 0.15) is 24.3 Å². The van der Waals surface area contributed by atoms with Crippen molar-refractivity contribution in [3.63, 3.8) is 0 Å². The fourth-order valence-electron chi connectivity index (χ4n) is 3.73. The maximum atomic E-state index is 12.2. The minimum atomic E-state index is -0.531. The zero-order valence-electron chi connectivity index (χ0n) is 17.3. The molecule has 1 aliphatic rings. The second-order valence-electron chi connectivity index (χ2n) is 7.88. The summed E-state index contributed by atoms with van der Waals surface area (Å²) in [6.45, 7) is 6.97. The predicted molar refractivity (Wildman–Crippen MR) is 117 cm³/mol. The molecule has 1 aromatic heterocycles. The average molecular weight is 409 g/mol. The normalized spacial score (nSPS) is 16.6. The van der Waals surface area contributed by atoms with Crippen LogP contribution in [0.4, 0.5) is 0 Å². The number of aromatic amines is 1. The van der Waals surface area contributed by atoms with E-state index >= 15 is 0 Å². The van der Waals surface area contributed by atoms with Gasteiger partial charge in [0.05, 0.1) is 17.4 Å². The Morgan fingerprint density at radius 3 is 2.53 bits per heavy atom. The van der Waals surface area contributed by atoms with Crippen molar-refractivity contribution in [3.8, 4) is 5.75 Å². The molecule has 1 fully saturated rings. The Morgan fingerprint density at radius 2 is 1.77 bits per heavy atom. The molecule has 2 N–H and O–H groups in total. The average Bonchev–Trinajstić information content (AvgIpc) is 2.75. The molecule has 0 radical (unpaired) electrons. The van der Waals surface area contributed by atoms with Crippen LogP contribution in [0.1, 0.15) is 11.4 Å². The first kappa shape index (κ1) is 20.5. The Morgan fingerprint density at radius 1 is 1.07 bits per heavy atom. The van der Waals surface area contributed by atoms with E-state index < -0.39 is 6.10 Å². The van der Waals surface area contributed by atoms with Crippen LogP contribution in [0.5, 0.6) is 5.75 Å². The second-order valence-corrected chi connectivity index (χ2v) is 7.88.